The van der Waals surface area contributed by atoms with Gasteiger partial charge in [0.25, 0.3) is 0 Å². The number of halogens is 2. The van der Waals surface area contributed by atoms with Crippen LogP contribution >= 0.6 is 0 Å². The minimum atomic E-state index is -1.68. The van der Waals surface area contributed by atoms with Crippen molar-refractivity contribution in [3.63, 3.8) is 0 Å². The van der Waals surface area contributed by atoms with Gasteiger partial charge < -0.3 is 5.11 Å². The molecule has 0 unspecified atom stereocenters. The molecule has 3 heteroatoms. The molecule has 0 aromatic heterocycles. The number of rotatable bonds is 3. The molecule has 0 bridgehead atoms. The van der Waals surface area contributed by atoms with Crippen LogP contribution in [0.3, 0.4) is 0 Å². The van der Waals surface area contributed by atoms with Crippen LogP contribution in [0.25, 0.3) is 0 Å². The molecule has 22 heavy (non-hydrogen) atoms. The predicted molar refractivity (Wildman–Crippen MR) is 81.3 cm³/mol. The van der Waals surface area contributed by atoms with E-state index in [-0.39, 0.29) is 5.56 Å². The lowest BCUT2D eigenvalue weighted by molar-refractivity contribution is 0.121. The first-order valence-corrected chi connectivity index (χ1v) is 6.91. The fraction of sp³-hybridized carbons (Fsp3) is 0.0526. The fourth-order valence-corrected chi connectivity index (χ4v) is 2.60. The lowest BCUT2D eigenvalue weighted by Crippen LogP contribution is -2.30. The van der Waals surface area contributed by atoms with Gasteiger partial charge in [-0.25, -0.2) is 8.78 Å². The largest absolute Gasteiger partial charge is 0.376 e. The van der Waals surface area contributed by atoms with Crippen molar-refractivity contribution in [3.8, 4) is 0 Å². The van der Waals surface area contributed by atoms with Crippen molar-refractivity contribution in [2.45, 2.75) is 5.60 Å². The Hall–Kier alpha value is -2.52. The topological polar surface area (TPSA) is 20.2 Å². The van der Waals surface area contributed by atoms with Crippen LogP contribution in [-0.2, 0) is 5.60 Å². The first-order chi connectivity index (χ1) is 10.6. The molecule has 0 radical (unpaired) electrons. The van der Waals surface area contributed by atoms with E-state index in [0.717, 1.165) is 0 Å². The van der Waals surface area contributed by atoms with Crippen LogP contribution in [-0.4, -0.2) is 5.11 Å². The molecule has 3 rings (SSSR count). The maximum absolute atomic E-state index is 14.3. The zero-order valence-electron chi connectivity index (χ0n) is 11.7. The van der Waals surface area contributed by atoms with Crippen molar-refractivity contribution in [2.24, 2.45) is 0 Å². The van der Waals surface area contributed by atoms with E-state index >= 15 is 0 Å². The Bertz CT molecular complexity index is 769. The number of hydrogen-bond acceptors (Lipinski definition) is 1. The van der Waals surface area contributed by atoms with Gasteiger partial charge >= 0.3 is 0 Å². The van der Waals surface area contributed by atoms with Crippen molar-refractivity contribution in [2.75, 3.05) is 0 Å². The van der Waals surface area contributed by atoms with Crippen molar-refractivity contribution >= 4 is 0 Å². The molecule has 0 saturated heterocycles. The maximum atomic E-state index is 14.3. The highest BCUT2D eigenvalue weighted by molar-refractivity contribution is 5.47. The maximum Gasteiger partial charge on any atom is 0.143 e. The van der Waals surface area contributed by atoms with Gasteiger partial charge in [-0.15, -0.1) is 0 Å². The van der Waals surface area contributed by atoms with Gasteiger partial charge in [0.05, 0.1) is 0 Å². The van der Waals surface area contributed by atoms with Gasteiger partial charge in [0, 0.05) is 5.56 Å². The summed E-state index contributed by atoms with van der Waals surface area (Å²) in [4.78, 5) is 0. The van der Waals surface area contributed by atoms with Crippen LogP contribution in [0.15, 0.2) is 78.9 Å². The zero-order valence-corrected chi connectivity index (χ0v) is 11.7. The Kier molecular flexibility index (Phi) is 3.73. The Labute approximate surface area is 127 Å². The number of benzene rings is 3. The highest BCUT2D eigenvalue weighted by Gasteiger charge is 2.35. The van der Waals surface area contributed by atoms with E-state index in [1.807, 2.05) is 6.07 Å². The van der Waals surface area contributed by atoms with Crippen molar-refractivity contribution in [3.05, 3.63) is 107 Å². The van der Waals surface area contributed by atoms with E-state index in [9.17, 15) is 13.9 Å². The summed E-state index contributed by atoms with van der Waals surface area (Å²) in [5.74, 6) is -0.925. The molecule has 0 amide bonds. The standard InChI is InChI=1S/C19H14F2O/c20-16-12-10-15(11-13-16)19(22,14-6-2-1-3-7-14)17-8-4-5-9-18(17)21/h1-13,22H/t19-/m1/s1. The summed E-state index contributed by atoms with van der Waals surface area (Å²) in [6, 6.07) is 20.3. The Balaban J connectivity index is 2.27. The van der Waals surface area contributed by atoms with E-state index in [1.54, 1.807) is 36.4 Å². The molecule has 0 spiro atoms. The molecule has 0 aliphatic rings. The molecule has 1 N–H and O–H groups in total. The van der Waals surface area contributed by atoms with E-state index in [2.05, 4.69) is 0 Å². The van der Waals surface area contributed by atoms with Crippen LogP contribution in [0.2, 0.25) is 0 Å². The van der Waals surface area contributed by atoms with Crippen molar-refractivity contribution in [1.82, 2.24) is 0 Å². The first-order valence-electron chi connectivity index (χ1n) is 6.91. The number of aliphatic hydroxyl groups is 1. The highest BCUT2D eigenvalue weighted by Crippen LogP contribution is 2.37. The Morgan fingerprint density at radius 3 is 1.82 bits per heavy atom. The molecule has 0 saturated carbocycles. The van der Waals surface area contributed by atoms with Crippen LogP contribution < -0.4 is 0 Å². The molecule has 110 valence electrons. The Morgan fingerprint density at radius 1 is 0.636 bits per heavy atom. The van der Waals surface area contributed by atoms with Crippen LogP contribution in [0.5, 0.6) is 0 Å². The third-order valence-corrected chi connectivity index (χ3v) is 3.72. The lowest BCUT2D eigenvalue weighted by atomic mass is 9.80. The van der Waals surface area contributed by atoms with Gasteiger partial charge in [-0.05, 0) is 29.3 Å². The SMILES string of the molecule is O[C@](c1ccccc1)(c1ccc(F)cc1)c1ccccc1F. The second-order valence-electron chi connectivity index (χ2n) is 5.06. The molecule has 0 heterocycles. The highest BCUT2D eigenvalue weighted by atomic mass is 19.1. The molecule has 0 aliphatic heterocycles. The van der Waals surface area contributed by atoms with Crippen LogP contribution in [0, 0.1) is 11.6 Å². The molecule has 0 aliphatic carbocycles. The zero-order chi connectivity index (χ0) is 15.6. The van der Waals surface area contributed by atoms with Crippen LogP contribution in [0.4, 0.5) is 8.78 Å². The molecule has 1 nitrogen and oxygen atoms in total. The van der Waals surface area contributed by atoms with E-state index < -0.39 is 17.2 Å². The van der Waals surface area contributed by atoms with Gasteiger partial charge in [0.2, 0.25) is 0 Å². The fourth-order valence-electron chi connectivity index (χ4n) is 2.60. The van der Waals surface area contributed by atoms with Crippen LogP contribution in [0.1, 0.15) is 16.7 Å². The summed E-state index contributed by atoms with van der Waals surface area (Å²) in [6.45, 7) is 0. The summed E-state index contributed by atoms with van der Waals surface area (Å²) in [7, 11) is 0. The van der Waals surface area contributed by atoms with Crippen molar-refractivity contribution < 1.29 is 13.9 Å². The molecular formula is C19H14F2O. The summed E-state index contributed by atoms with van der Waals surface area (Å²) < 4.78 is 27.5. The monoisotopic (exact) mass is 296 g/mol. The third-order valence-electron chi connectivity index (χ3n) is 3.72. The third kappa shape index (κ3) is 2.40. The minimum Gasteiger partial charge on any atom is -0.376 e. The smallest absolute Gasteiger partial charge is 0.143 e. The van der Waals surface area contributed by atoms with E-state index in [0.29, 0.717) is 11.1 Å². The summed E-state index contributed by atoms with van der Waals surface area (Å²) in [5.41, 5.74) is -0.620. The molecule has 3 aromatic rings. The molecular weight excluding hydrogens is 282 g/mol. The van der Waals surface area contributed by atoms with E-state index in [1.165, 1.54) is 36.4 Å². The second-order valence-corrected chi connectivity index (χ2v) is 5.06. The predicted octanol–water partition coefficient (Wildman–Crippen LogP) is 4.25. The molecule has 3 aromatic carbocycles. The summed E-state index contributed by atoms with van der Waals surface area (Å²) >= 11 is 0. The minimum absolute atomic E-state index is 0.132. The van der Waals surface area contributed by atoms with Crippen molar-refractivity contribution in [1.29, 1.82) is 0 Å². The van der Waals surface area contributed by atoms with Gasteiger partial charge in [-0.2, -0.15) is 0 Å². The van der Waals surface area contributed by atoms with Gasteiger partial charge in [-0.3, -0.25) is 0 Å². The normalized spacial score (nSPS) is 13.6. The quantitative estimate of drug-likeness (QED) is 0.716. The summed E-state index contributed by atoms with van der Waals surface area (Å²) in [5, 5.41) is 11.3. The lowest BCUT2D eigenvalue weighted by Gasteiger charge is -2.30. The second kappa shape index (κ2) is 5.70. The average Bonchev–Trinajstić information content (AvgIpc) is 2.56. The molecule has 1 atom stereocenters. The number of hydrogen-bond donors (Lipinski definition) is 1. The molecule has 0 fully saturated rings. The first kappa shape index (κ1) is 14.4. The average molecular weight is 296 g/mol. The van der Waals surface area contributed by atoms with Gasteiger partial charge in [0.1, 0.15) is 17.2 Å². The van der Waals surface area contributed by atoms with Gasteiger partial charge in [0.15, 0.2) is 0 Å². The summed E-state index contributed by atoms with van der Waals surface area (Å²) in [6.07, 6.45) is 0. The van der Waals surface area contributed by atoms with Gasteiger partial charge in [-0.1, -0.05) is 60.7 Å². The van der Waals surface area contributed by atoms with E-state index in [4.69, 9.17) is 0 Å². The Morgan fingerprint density at radius 2 is 1.18 bits per heavy atom.